The van der Waals surface area contributed by atoms with Gasteiger partial charge in [0.25, 0.3) is 0 Å². The van der Waals surface area contributed by atoms with E-state index in [4.69, 9.17) is 0 Å². The van der Waals surface area contributed by atoms with Crippen LogP contribution in [0.5, 0.6) is 0 Å². The second-order valence-corrected chi connectivity index (χ2v) is 15.2. The van der Waals surface area contributed by atoms with Gasteiger partial charge in [-0.1, -0.05) is 169 Å². The summed E-state index contributed by atoms with van der Waals surface area (Å²) in [6.07, 6.45) is 8.82. The monoisotopic (exact) mass is 516 g/mol. The highest BCUT2D eigenvalue weighted by atomic mass is 28.3. The maximum Gasteiger partial charge on any atom is 0.112 e. The van der Waals surface area contributed by atoms with Crippen molar-refractivity contribution in [1.29, 1.82) is 0 Å². The Morgan fingerprint density at radius 3 is 1.10 bits per heavy atom. The number of rotatable bonds is 6. The molecule has 0 spiro atoms. The van der Waals surface area contributed by atoms with Crippen molar-refractivity contribution in [2.45, 2.75) is 13.1 Å². The third-order valence-electron chi connectivity index (χ3n) is 7.75. The highest BCUT2D eigenvalue weighted by Gasteiger charge is 2.25. The second-order valence-electron chi connectivity index (χ2n) is 10.7. The predicted octanol–water partition coefficient (Wildman–Crippen LogP) is 9.16. The predicted molar refractivity (Wildman–Crippen MR) is 175 cm³/mol. The Morgan fingerprint density at radius 1 is 0.359 bits per heavy atom. The Bertz CT molecular complexity index is 1670. The van der Waals surface area contributed by atoms with Crippen molar-refractivity contribution in [2.75, 3.05) is 0 Å². The Labute approximate surface area is 232 Å². The minimum absolute atomic E-state index is 1.22. The lowest BCUT2D eigenvalue weighted by Gasteiger charge is -2.24. The summed E-state index contributed by atoms with van der Waals surface area (Å²) in [4.78, 5) is 0. The average Bonchev–Trinajstić information content (AvgIpc) is 2.99. The molecule has 0 saturated heterocycles. The van der Waals surface area contributed by atoms with E-state index in [2.05, 4.69) is 171 Å². The lowest BCUT2D eigenvalue weighted by Crippen LogP contribution is -2.52. The topological polar surface area (TPSA) is 0 Å². The SMILES string of the molecule is C[Si](C)(c1ccc(/C=C/c2ccc3ccccc3c2)cc1)c1ccc(/C=C/c2ccc3ccccc3c2)cc1. The Morgan fingerprint density at radius 2 is 0.692 bits per heavy atom. The van der Waals surface area contributed by atoms with Gasteiger partial charge in [0.2, 0.25) is 0 Å². The molecule has 0 amide bonds. The van der Waals surface area contributed by atoms with Crippen molar-refractivity contribution < 1.29 is 0 Å². The normalized spacial score (nSPS) is 12.2. The van der Waals surface area contributed by atoms with E-state index in [1.165, 1.54) is 54.2 Å². The van der Waals surface area contributed by atoms with Crippen molar-refractivity contribution >= 4 is 64.3 Å². The Kier molecular flexibility index (Phi) is 6.83. The van der Waals surface area contributed by atoms with E-state index in [9.17, 15) is 0 Å². The molecule has 0 radical (unpaired) electrons. The van der Waals surface area contributed by atoms with Gasteiger partial charge < -0.3 is 0 Å². The second kappa shape index (κ2) is 10.7. The lowest BCUT2D eigenvalue weighted by atomic mass is 10.1. The van der Waals surface area contributed by atoms with Gasteiger partial charge in [-0.05, 0) is 55.9 Å². The zero-order valence-electron chi connectivity index (χ0n) is 22.5. The molecule has 0 aliphatic carbocycles. The first kappa shape index (κ1) is 24.8. The molecular weight excluding hydrogens is 485 g/mol. The maximum absolute atomic E-state index is 2.44. The summed E-state index contributed by atoms with van der Waals surface area (Å²) in [6.45, 7) is 4.87. The van der Waals surface area contributed by atoms with Crippen LogP contribution in [0.3, 0.4) is 0 Å². The van der Waals surface area contributed by atoms with Gasteiger partial charge in [-0.15, -0.1) is 0 Å². The molecule has 188 valence electrons. The molecule has 0 nitrogen and oxygen atoms in total. The molecular formula is C38H32Si. The third kappa shape index (κ3) is 5.55. The number of hydrogen-bond donors (Lipinski definition) is 0. The van der Waals surface area contributed by atoms with Crippen molar-refractivity contribution in [1.82, 2.24) is 0 Å². The molecule has 0 bridgehead atoms. The first-order chi connectivity index (χ1) is 19.0. The van der Waals surface area contributed by atoms with Crippen LogP contribution in [0, 0.1) is 0 Å². The smallest absolute Gasteiger partial charge is 0.0620 e. The molecule has 6 rings (SSSR count). The van der Waals surface area contributed by atoms with Crippen LogP contribution in [0.4, 0.5) is 0 Å². The highest BCUT2D eigenvalue weighted by molar-refractivity contribution is 7.00. The molecule has 0 heterocycles. The first-order valence-corrected chi connectivity index (χ1v) is 16.6. The van der Waals surface area contributed by atoms with Crippen molar-refractivity contribution in [2.24, 2.45) is 0 Å². The zero-order valence-corrected chi connectivity index (χ0v) is 23.5. The van der Waals surface area contributed by atoms with Crippen molar-refractivity contribution in [3.05, 3.63) is 156 Å². The van der Waals surface area contributed by atoms with Gasteiger partial charge >= 0.3 is 0 Å². The fraction of sp³-hybridized carbons (Fsp3) is 0.0526. The van der Waals surface area contributed by atoms with Gasteiger partial charge in [0.05, 0.1) is 0 Å². The molecule has 0 aromatic heterocycles. The summed E-state index contributed by atoms with van der Waals surface area (Å²) in [5.74, 6) is 0. The molecule has 0 fully saturated rings. The van der Waals surface area contributed by atoms with Gasteiger partial charge in [-0.25, -0.2) is 0 Å². The summed E-state index contributed by atoms with van der Waals surface area (Å²) >= 11 is 0. The Hall–Kier alpha value is -4.46. The summed E-state index contributed by atoms with van der Waals surface area (Å²) < 4.78 is 0. The van der Waals surface area contributed by atoms with E-state index in [1.807, 2.05) is 0 Å². The van der Waals surface area contributed by atoms with Crippen LogP contribution in [0.15, 0.2) is 133 Å². The molecule has 0 saturated carbocycles. The fourth-order valence-electron chi connectivity index (χ4n) is 5.20. The van der Waals surface area contributed by atoms with E-state index in [0.29, 0.717) is 0 Å². The van der Waals surface area contributed by atoms with E-state index >= 15 is 0 Å². The van der Waals surface area contributed by atoms with Crippen LogP contribution >= 0.6 is 0 Å². The molecule has 6 aromatic rings. The molecule has 0 N–H and O–H groups in total. The van der Waals surface area contributed by atoms with E-state index in [1.54, 1.807) is 0 Å². The van der Waals surface area contributed by atoms with Crippen LogP contribution in [-0.4, -0.2) is 8.07 Å². The van der Waals surface area contributed by atoms with Crippen LogP contribution < -0.4 is 10.4 Å². The minimum atomic E-state index is -1.78. The summed E-state index contributed by atoms with van der Waals surface area (Å²) in [5.41, 5.74) is 4.90. The van der Waals surface area contributed by atoms with Gasteiger partial charge in [-0.2, -0.15) is 0 Å². The fourth-order valence-corrected chi connectivity index (χ4v) is 7.53. The zero-order chi connectivity index (χ0) is 26.7. The van der Waals surface area contributed by atoms with E-state index in [-0.39, 0.29) is 0 Å². The minimum Gasteiger partial charge on any atom is -0.0620 e. The molecule has 6 aromatic carbocycles. The highest BCUT2D eigenvalue weighted by Crippen LogP contribution is 2.19. The standard InChI is InChI=1S/C38H32Si/c1-39(2,37-23-17-29(18-24-37)11-13-31-15-21-33-7-3-5-9-35(33)27-31)38-25-19-30(20-26-38)12-14-32-16-22-34-8-4-6-10-36(34)28-32/h3-28H,1-2H3/b13-11+,14-12+. The van der Waals surface area contributed by atoms with Gasteiger partial charge in [-0.3, -0.25) is 0 Å². The van der Waals surface area contributed by atoms with Crippen LogP contribution in [-0.2, 0) is 0 Å². The van der Waals surface area contributed by atoms with E-state index < -0.39 is 8.07 Å². The summed E-state index contributed by atoms with van der Waals surface area (Å²) in [5, 5.41) is 8.01. The molecule has 0 aliphatic heterocycles. The van der Waals surface area contributed by atoms with Crippen molar-refractivity contribution in [3.8, 4) is 0 Å². The number of fused-ring (bicyclic) bond motifs is 2. The molecule has 0 aliphatic rings. The molecule has 1 heteroatoms. The summed E-state index contributed by atoms with van der Waals surface area (Å²) in [7, 11) is -1.78. The number of hydrogen-bond acceptors (Lipinski definition) is 0. The quantitative estimate of drug-likeness (QED) is 0.153. The lowest BCUT2D eigenvalue weighted by molar-refractivity contribution is 1.63. The summed E-state index contributed by atoms with van der Waals surface area (Å²) in [6, 6.07) is 48.5. The van der Waals surface area contributed by atoms with Gasteiger partial charge in [0.1, 0.15) is 8.07 Å². The largest absolute Gasteiger partial charge is 0.112 e. The van der Waals surface area contributed by atoms with Crippen LogP contribution in [0.2, 0.25) is 13.1 Å². The average molecular weight is 517 g/mol. The number of benzene rings is 6. The Balaban J connectivity index is 1.15. The molecule has 0 unspecified atom stereocenters. The van der Waals surface area contributed by atoms with Crippen molar-refractivity contribution in [3.63, 3.8) is 0 Å². The molecule has 0 atom stereocenters. The first-order valence-electron chi connectivity index (χ1n) is 13.6. The molecule has 39 heavy (non-hydrogen) atoms. The third-order valence-corrected chi connectivity index (χ3v) is 11.3. The maximum atomic E-state index is 2.44. The van der Waals surface area contributed by atoms with Crippen LogP contribution in [0.25, 0.3) is 45.8 Å². The van der Waals surface area contributed by atoms with Gasteiger partial charge in [0.15, 0.2) is 0 Å². The van der Waals surface area contributed by atoms with Crippen LogP contribution in [0.1, 0.15) is 22.3 Å². The van der Waals surface area contributed by atoms with E-state index in [0.717, 1.165) is 0 Å². The van der Waals surface area contributed by atoms with Gasteiger partial charge in [0, 0.05) is 0 Å².